The molecule has 2 rings (SSSR count). The molecule has 0 unspecified atom stereocenters. The molecule has 0 aliphatic rings. The molecule has 0 radical (unpaired) electrons. The summed E-state index contributed by atoms with van der Waals surface area (Å²) < 4.78 is 0.836. The van der Waals surface area contributed by atoms with Crippen molar-refractivity contribution in [3.8, 4) is 5.75 Å². The number of benzene rings is 1. The van der Waals surface area contributed by atoms with Crippen LogP contribution >= 0.6 is 22.6 Å². The number of carbonyl (C=O) groups is 2. The number of carbonyl (C=O) groups excluding carboxylic acids is 1. The van der Waals surface area contributed by atoms with Crippen LogP contribution in [0.4, 0.5) is 0 Å². The molecule has 0 spiro atoms. The second kappa shape index (κ2) is 6.53. The van der Waals surface area contributed by atoms with Gasteiger partial charge >= 0.3 is 5.97 Å². The summed E-state index contributed by atoms with van der Waals surface area (Å²) in [5.74, 6) is -1.60. The summed E-state index contributed by atoms with van der Waals surface area (Å²) in [6, 6.07) is 7.68. The SMILES string of the molecule is O=C(O)c1ccc(CNC(=O)c2cc(I)ccc2O)cn1. The number of hydrogen-bond donors (Lipinski definition) is 3. The summed E-state index contributed by atoms with van der Waals surface area (Å²) in [5.41, 5.74) is 0.802. The molecular formula is C14H11IN2O4. The Morgan fingerprint density at radius 2 is 2.00 bits per heavy atom. The largest absolute Gasteiger partial charge is 0.507 e. The fourth-order valence-electron chi connectivity index (χ4n) is 1.62. The number of rotatable bonds is 4. The molecule has 1 aromatic heterocycles. The summed E-state index contributed by atoms with van der Waals surface area (Å²) in [6.45, 7) is 0.191. The van der Waals surface area contributed by atoms with Crippen molar-refractivity contribution in [3.05, 3.63) is 56.9 Å². The first-order valence-electron chi connectivity index (χ1n) is 5.92. The zero-order valence-electron chi connectivity index (χ0n) is 10.7. The van der Waals surface area contributed by atoms with Crippen LogP contribution in [0, 0.1) is 3.57 Å². The maximum atomic E-state index is 12.0. The normalized spacial score (nSPS) is 10.1. The van der Waals surface area contributed by atoms with Crippen LogP contribution < -0.4 is 5.32 Å². The molecule has 0 saturated carbocycles. The van der Waals surface area contributed by atoms with Crippen molar-refractivity contribution in [1.29, 1.82) is 0 Å². The molecule has 2 aromatic rings. The topological polar surface area (TPSA) is 99.5 Å². The third-order valence-electron chi connectivity index (χ3n) is 2.70. The summed E-state index contributed by atoms with van der Waals surface area (Å²) in [5, 5.41) is 21.0. The van der Waals surface area contributed by atoms with E-state index in [2.05, 4.69) is 10.3 Å². The predicted molar refractivity (Wildman–Crippen MR) is 83.2 cm³/mol. The van der Waals surface area contributed by atoms with Gasteiger partial charge in [-0.1, -0.05) is 6.07 Å². The Morgan fingerprint density at radius 3 is 2.62 bits per heavy atom. The van der Waals surface area contributed by atoms with Crippen LogP contribution in [0.5, 0.6) is 5.75 Å². The smallest absolute Gasteiger partial charge is 0.354 e. The number of halogens is 1. The van der Waals surface area contributed by atoms with Gasteiger partial charge in [0, 0.05) is 16.3 Å². The highest BCUT2D eigenvalue weighted by molar-refractivity contribution is 14.1. The van der Waals surface area contributed by atoms with E-state index in [1.165, 1.54) is 18.3 Å². The van der Waals surface area contributed by atoms with Gasteiger partial charge in [0.1, 0.15) is 11.4 Å². The maximum Gasteiger partial charge on any atom is 0.354 e. The molecule has 0 bridgehead atoms. The molecule has 6 nitrogen and oxygen atoms in total. The average molecular weight is 398 g/mol. The molecule has 0 saturated heterocycles. The summed E-state index contributed by atoms with van der Waals surface area (Å²) in [4.78, 5) is 26.4. The number of carboxylic acids is 1. The fourth-order valence-corrected chi connectivity index (χ4v) is 2.11. The molecule has 7 heteroatoms. The van der Waals surface area contributed by atoms with Crippen LogP contribution in [0.25, 0.3) is 0 Å². The van der Waals surface area contributed by atoms with Crippen molar-refractivity contribution in [2.75, 3.05) is 0 Å². The molecule has 0 fully saturated rings. The van der Waals surface area contributed by atoms with Crippen LogP contribution in [0.2, 0.25) is 0 Å². The van der Waals surface area contributed by atoms with E-state index in [1.807, 2.05) is 22.6 Å². The van der Waals surface area contributed by atoms with Crippen LogP contribution in [0.1, 0.15) is 26.4 Å². The molecule has 0 aliphatic heterocycles. The number of pyridine rings is 1. The van der Waals surface area contributed by atoms with Crippen LogP contribution in [0.3, 0.4) is 0 Å². The van der Waals surface area contributed by atoms with Gasteiger partial charge in [0.05, 0.1) is 5.56 Å². The zero-order valence-corrected chi connectivity index (χ0v) is 12.9. The van der Waals surface area contributed by atoms with Crippen molar-refractivity contribution in [1.82, 2.24) is 10.3 Å². The quantitative estimate of drug-likeness (QED) is 0.685. The van der Waals surface area contributed by atoms with E-state index in [0.717, 1.165) is 3.57 Å². The lowest BCUT2D eigenvalue weighted by Gasteiger charge is -2.07. The standard InChI is InChI=1S/C14H11IN2O4/c15-9-2-4-12(18)10(5-9)13(19)17-7-8-1-3-11(14(20)21)16-6-8/h1-6,18H,7H2,(H,17,19)(H,20,21). The Bertz CT molecular complexity index is 686. The van der Waals surface area contributed by atoms with Crippen molar-refractivity contribution in [2.24, 2.45) is 0 Å². The van der Waals surface area contributed by atoms with Gasteiger partial charge in [0.2, 0.25) is 0 Å². The highest BCUT2D eigenvalue weighted by Gasteiger charge is 2.11. The number of nitrogens with one attached hydrogen (secondary N) is 1. The van der Waals surface area contributed by atoms with Crippen LogP contribution in [-0.2, 0) is 6.54 Å². The fraction of sp³-hybridized carbons (Fsp3) is 0.0714. The Hall–Kier alpha value is -2.16. The number of carboxylic acid groups (broad SMARTS) is 1. The van der Waals surface area contributed by atoms with Crippen LogP contribution in [0.15, 0.2) is 36.5 Å². The van der Waals surface area contributed by atoms with Gasteiger partial charge < -0.3 is 15.5 Å². The Morgan fingerprint density at radius 1 is 1.24 bits per heavy atom. The Balaban J connectivity index is 2.04. The minimum absolute atomic E-state index is 0.0552. The number of phenols is 1. The van der Waals surface area contributed by atoms with Crippen molar-refractivity contribution < 1.29 is 19.8 Å². The zero-order chi connectivity index (χ0) is 15.4. The van der Waals surface area contributed by atoms with Crippen molar-refractivity contribution in [3.63, 3.8) is 0 Å². The first-order chi connectivity index (χ1) is 9.97. The second-order valence-corrected chi connectivity index (χ2v) is 5.45. The number of amides is 1. The summed E-state index contributed by atoms with van der Waals surface area (Å²) >= 11 is 2.05. The molecule has 1 aromatic carbocycles. The molecule has 1 heterocycles. The van der Waals surface area contributed by atoms with Crippen molar-refractivity contribution in [2.45, 2.75) is 6.54 Å². The Labute approximate surface area is 134 Å². The van der Waals surface area contributed by atoms with E-state index in [9.17, 15) is 14.7 Å². The van der Waals surface area contributed by atoms with Crippen molar-refractivity contribution >= 4 is 34.5 Å². The first kappa shape index (κ1) is 15.2. The van der Waals surface area contributed by atoms with E-state index in [1.54, 1.807) is 18.2 Å². The van der Waals surface area contributed by atoms with Gasteiger partial charge in [0.15, 0.2) is 0 Å². The van der Waals surface area contributed by atoms with E-state index < -0.39 is 11.9 Å². The molecule has 21 heavy (non-hydrogen) atoms. The lowest BCUT2D eigenvalue weighted by Crippen LogP contribution is -2.23. The van der Waals surface area contributed by atoms with Gasteiger partial charge in [-0.15, -0.1) is 0 Å². The average Bonchev–Trinajstić information content (AvgIpc) is 2.47. The minimum atomic E-state index is -1.10. The van der Waals surface area contributed by atoms with Gasteiger partial charge in [0.25, 0.3) is 5.91 Å². The molecule has 1 amide bonds. The van der Waals surface area contributed by atoms with E-state index in [0.29, 0.717) is 5.56 Å². The third kappa shape index (κ3) is 3.91. The third-order valence-corrected chi connectivity index (χ3v) is 3.37. The molecule has 3 N–H and O–H groups in total. The number of nitrogens with zero attached hydrogens (tertiary/aromatic N) is 1. The highest BCUT2D eigenvalue weighted by Crippen LogP contribution is 2.19. The maximum absolute atomic E-state index is 12.0. The molecular weight excluding hydrogens is 387 g/mol. The lowest BCUT2D eigenvalue weighted by molar-refractivity contribution is 0.0690. The summed E-state index contributed by atoms with van der Waals surface area (Å²) in [7, 11) is 0. The van der Waals surface area contributed by atoms with Gasteiger partial charge in [-0.05, 0) is 52.4 Å². The second-order valence-electron chi connectivity index (χ2n) is 4.20. The van der Waals surface area contributed by atoms with Crippen LogP contribution in [-0.4, -0.2) is 27.1 Å². The number of hydrogen-bond acceptors (Lipinski definition) is 4. The highest BCUT2D eigenvalue weighted by atomic mass is 127. The summed E-state index contributed by atoms with van der Waals surface area (Å²) in [6.07, 6.45) is 1.39. The van der Waals surface area contributed by atoms with E-state index in [4.69, 9.17) is 5.11 Å². The van der Waals surface area contributed by atoms with E-state index >= 15 is 0 Å². The number of phenolic OH excluding ortho intramolecular Hbond substituents is 1. The lowest BCUT2D eigenvalue weighted by atomic mass is 10.2. The number of aromatic carboxylic acids is 1. The predicted octanol–water partition coefficient (Wildman–Crippen LogP) is 2.02. The van der Waals surface area contributed by atoms with E-state index in [-0.39, 0.29) is 23.6 Å². The van der Waals surface area contributed by atoms with Gasteiger partial charge in [-0.3, -0.25) is 4.79 Å². The molecule has 0 atom stereocenters. The molecule has 0 aliphatic carbocycles. The monoisotopic (exact) mass is 398 g/mol. The first-order valence-corrected chi connectivity index (χ1v) is 7.00. The van der Waals surface area contributed by atoms with Gasteiger partial charge in [-0.2, -0.15) is 0 Å². The minimum Gasteiger partial charge on any atom is -0.507 e. The number of aromatic nitrogens is 1. The van der Waals surface area contributed by atoms with Gasteiger partial charge in [-0.25, -0.2) is 9.78 Å². The molecule has 108 valence electrons. The number of aromatic hydroxyl groups is 1. The Kier molecular flexibility index (Phi) is 4.73.